The molecule has 0 spiro atoms. The van der Waals surface area contributed by atoms with Crippen LogP contribution in [0.15, 0.2) is 87.3 Å². The number of benzene rings is 3. The topological polar surface area (TPSA) is 78.8 Å². The summed E-state index contributed by atoms with van der Waals surface area (Å²) in [5, 5.41) is 4.34. The quantitative estimate of drug-likeness (QED) is 0.334. The Morgan fingerprint density at radius 2 is 1.77 bits per heavy atom. The second-order valence-corrected chi connectivity index (χ2v) is 9.89. The van der Waals surface area contributed by atoms with E-state index >= 15 is 0 Å². The molecule has 3 aromatic carbocycles. The van der Waals surface area contributed by atoms with Crippen LogP contribution < -0.4 is 9.73 Å². The maximum absolute atomic E-state index is 13.2. The molecule has 0 radical (unpaired) electrons. The number of carbonyl (C=O) groups is 1. The Balaban J connectivity index is 1.87. The summed E-state index contributed by atoms with van der Waals surface area (Å²) in [4.78, 5) is 12.6. The minimum atomic E-state index is -4.08. The third-order valence-electron chi connectivity index (χ3n) is 4.05. The lowest BCUT2D eigenvalue weighted by atomic mass is 10.2. The lowest BCUT2D eigenvalue weighted by molar-refractivity contribution is -0.119. The average molecular weight is 541 g/mol. The normalized spacial score (nSPS) is 11.5. The molecule has 0 aromatic heterocycles. The van der Waals surface area contributed by atoms with Gasteiger partial charge in [-0.3, -0.25) is 9.10 Å². The van der Waals surface area contributed by atoms with Gasteiger partial charge in [-0.15, -0.1) is 0 Å². The van der Waals surface area contributed by atoms with E-state index < -0.39 is 22.5 Å². The Morgan fingerprint density at radius 1 is 1.03 bits per heavy atom. The monoisotopic (exact) mass is 539 g/mol. The third kappa shape index (κ3) is 6.07. The number of sulfonamides is 1. The Hall–Kier alpha value is -2.39. The first kappa shape index (κ1) is 23.3. The number of amides is 1. The fourth-order valence-corrected chi connectivity index (χ4v) is 5.07. The Kier molecular flexibility index (Phi) is 7.72. The highest BCUT2D eigenvalue weighted by atomic mass is 79.9. The van der Waals surface area contributed by atoms with E-state index in [0.29, 0.717) is 5.02 Å². The lowest BCUT2D eigenvalue weighted by Crippen LogP contribution is -2.39. The number of hydrazone groups is 1. The van der Waals surface area contributed by atoms with Crippen molar-refractivity contribution in [1.82, 2.24) is 5.43 Å². The highest BCUT2D eigenvalue weighted by molar-refractivity contribution is 9.10. The lowest BCUT2D eigenvalue weighted by Gasteiger charge is -2.24. The first-order chi connectivity index (χ1) is 14.8. The van der Waals surface area contributed by atoms with Crippen molar-refractivity contribution in [1.29, 1.82) is 0 Å². The van der Waals surface area contributed by atoms with Gasteiger partial charge in [-0.25, -0.2) is 13.8 Å². The van der Waals surface area contributed by atoms with E-state index in [2.05, 4.69) is 26.5 Å². The van der Waals surface area contributed by atoms with Crippen molar-refractivity contribution >= 4 is 67.0 Å². The highest BCUT2D eigenvalue weighted by Crippen LogP contribution is 2.32. The number of halogens is 3. The van der Waals surface area contributed by atoms with E-state index in [1.54, 1.807) is 24.3 Å². The van der Waals surface area contributed by atoms with Gasteiger partial charge in [0.25, 0.3) is 15.9 Å². The van der Waals surface area contributed by atoms with Gasteiger partial charge in [-0.05, 0) is 48.0 Å². The Labute approximate surface area is 198 Å². The molecule has 3 aromatic rings. The number of nitrogens with one attached hydrogen (secondary N) is 1. The molecule has 1 amide bonds. The summed E-state index contributed by atoms with van der Waals surface area (Å²) < 4.78 is 28.3. The average Bonchev–Trinajstić information content (AvgIpc) is 2.73. The van der Waals surface area contributed by atoms with Gasteiger partial charge in [0.1, 0.15) is 6.54 Å². The first-order valence-electron chi connectivity index (χ1n) is 8.88. The minimum Gasteiger partial charge on any atom is -0.271 e. The SMILES string of the molecule is O=C(CN(c1ccc(Cl)cc1Cl)S(=O)(=O)c1ccccc1)N/N=C\c1cccc(Br)c1. The summed E-state index contributed by atoms with van der Waals surface area (Å²) >= 11 is 15.5. The second-order valence-electron chi connectivity index (χ2n) is 6.27. The van der Waals surface area contributed by atoms with Gasteiger partial charge >= 0.3 is 0 Å². The van der Waals surface area contributed by atoms with E-state index in [1.807, 2.05) is 18.2 Å². The molecule has 31 heavy (non-hydrogen) atoms. The molecule has 0 aliphatic rings. The van der Waals surface area contributed by atoms with E-state index in [1.165, 1.54) is 36.5 Å². The maximum atomic E-state index is 13.2. The number of carbonyl (C=O) groups excluding carboxylic acids is 1. The van der Waals surface area contributed by atoms with Crippen molar-refractivity contribution in [3.63, 3.8) is 0 Å². The summed E-state index contributed by atoms with van der Waals surface area (Å²) in [6, 6.07) is 19.4. The Bertz CT molecular complexity index is 1220. The van der Waals surface area contributed by atoms with Crippen LogP contribution >= 0.6 is 39.1 Å². The molecule has 0 aliphatic carbocycles. The molecule has 0 heterocycles. The number of hydrogen-bond acceptors (Lipinski definition) is 4. The Morgan fingerprint density at radius 3 is 2.45 bits per heavy atom. The molecule has 160 valence electrons. The molecule has 0 bridgehead atoms. The summed E-state index contributed by atoms with van der Waals surface area (Å²) in [6.07, 6.45) is 1.45. The summed E-state index contributed by atoms with van der Waals surface area (Å²) in [6.45, 7) is -0.533. The van der Waals surface area contributed by atoms with Crippen molar-refractivity contribution in [2.45, 2.75) is 4.90 Å². The highest BCUT2D eigenvalue weighted by Gasteiger charge is 2.28. The van der Waals surface area contributed by atoms with Crippen molar-refractivity contribution in [3.05, 3.63) is 92.9 Å². The molecule has 1 N–H and O–H groups in total. The molecule has 6 nitrogen and oxygen atoms in total. The van der Waals surface area contributed by atoms with Crippen molar-refractivity contribution in [3.8, 4) is 0 Å². The molecule has 10 heteroatoms. The minimum absolute atomic E-state index is 0.0199. The zero-order chi connectivity index (χ0) is 22.4. The van der Waals surface area contributed by atoms with Gasteiger partial charge in [0.15, 0.2) is 0 Å². The number of anilines is 1. The van der Waals surface area contributed by atoms with Crippen molar-refractivity contribution in [2.75, 3.05) is 10.8 Å². The van der Waals surface area contributed by atoms with Gasteiger partial charge in [0, 0.05) is 9.50 Å². The van der Waals surface area contributed by atoms with E-state index in [4.69, 9.17) is 23.2 Å². The van der Waals surface area contributed by atoms with Crippen LogP contribution in [0.3, 0.4) is 0 Å². The third-order valence-corrected chi connectivity index (χ3v) is 6.85. The van der Waals surface area contributed by atoms with Gasteiger partial charge < -0.3 is 0 Å². The van der Waals surface area contributed by atoms with Crippen LogP contribution in [0.4, 0.5) is 5.69 Å². The van der Waals surface area contributed by atoms with Gasteiger partial charge in [-0.2, -0.15) is 5.10 Å². The van der Waals surface area contributed by atoms with Crippen molar-refractivity contribution < 1.29 is 13.2 Å². The van der Waals surface area contributed by atoms with Crippen LogP contribution in [-0.2, 0) is 14.8 Å². The van der Waals surface area contributed by atoms with Crippen LogP contribution in [0.1, 0.15) is 5.56 Å². The molecule has 0 atom stereocenters. The van der Waals surface area contributed by atoms with Crippen LogP contribution in [0.5, 0.6) is 0 Å². The fourth-order valence-electron chi connectivity index (χ4n) is 2.63. The maximum Gasteiger partial charge on any atom is 0.264 e. The fraction of sp³-hybridized carbons (Fsp3) is 0.0476. The molecule has 0 saturated carbocycles. The van der Waals surface area contributed by atoms with Gasteiger partial charge in [-0.1, -0.05) is 69.5 Å². The molecule has 3 rings (SSSR count). The standard InChI is InChI=1S/C21H16BrCl2N3O3S/c22-16-6-4-5-15(11-16)13-25-26-21(28)14-27(20-10-9-17(23)12-19(20)24)31(29,30)18-7-2-1-3-8-18/h1-13H,14H2,(H,26,28)/b25-13-. The predicted octanol–water partition coefficient (Wildman–Crippen LogP) is 5.10. The zero-order valence-corrected chi connectivity index (χ0v) is 19.8. The summed E-state index contributed by atoms with van der Waals surface area (Å²) in [5.41, 5.74) is 3.23. The first-order valence-corrected chi connectivity index (χ1v) is 11.9. The number of rotatable bonds is 7. The second kappa shape index (κ2) is 10.3. The van der Waals surface area contributed by atoms with Crippen LogP contribution in [0, 0.1) is 0 Å². The number of hydrogen-bond donors (Lipinski definition) is 1. The zero-order valence-electron chi connectivity index (χ0n) is 15.9. The van der Waals surface area contributed by atoms with Gasteiger partial charge in [0.05, 0.1) is 21.8 Å². The molecule has 0 saturated heterocycles. The molecule has 0 fully saturated rings. The summed E-state index contributed by atoms with van der Waals surface area (Å²) in [5.74, 6) is -0.642. The van der Waals surface area contributed by atoms with E-state index in [-0.39, 0.29) is 15.6 Å². The molecular weight excluding hydrogens is 525 g/mol. The van der Waals surface area contributed by atoms with E-state index in [0.717, 1.165) is 14.3 Å². The van der Waals surface area contributed by atoms with E-state index in [9.17, 15) is 13.2 Å². The van der Waals surface area contributed by atoms with Crippen LogP contribution in [0.25, 0.3) is 0 Å². The number of nitrogens with zero attached hydrogens (tertiary/aromatic N) is 2. The van der Waals surface area contributed by atoms with Crippen molar-refractivity contribution in [2.24, 2.45) is 5.10 Å². The van der Waals surface area contributed by atoms with Crippen LogP contribution in [0.2, 0.25) is 10.0 Å². The predicted molar refractivity (Wildman–Crippen MR) is 127 cm³/mol. The molecule has 0 unspecified atom stereocenters. The van der Waals surface area contributed by atoms with Gasteiger partial charge in [0.2, 0.25) is 0 Å². The largest absolute Gasteiger partial charge is 0.271 e. The summed E-state index contributed by atoms with van der Waals surface area (Å²) in [7, 11) is -4.08. The smallest absolute Gasteiger partial charge is 0.264 e. The molecule has 0 aliphatic heterocycles. The molecular formula is C21H16BrCl2N3O3S. The van der Waals surface area contributed by atoms with Crippen LogP contribution in [-0.4, -0.2) is 27.1 Å².